The van der Waals surface area contributed by atoms with Crippen molar-refractivity contribution in [2.75, 3.05) is 13.1 Å². The first-order chi connectivity index (χ1) is 10.2. The molecule has 0 saturated carbocycles. The molecular weight excluding hydrogens is 262 g/mol. The van der Waals surface area contributed by atoms with Gasteiger partial charge in [-0.25, -0.2) is 0 Å². The zero-order valence-electron chi connectivity index (χ0n) is 12.5. The third-order valence-electron chi connectivity index (χ3n) is 3.59. The second kappa shape index (κ2) is 7.09. The lowest BCUT2D eigenvalue weighted by molar-refractivity contribution is -0.132. The summed E-state index contributed by atoms with van der Waals surface area (Å²) in [6.07, 6.45) is 5.14. The predicted octanol–water partition coefficient (Wildman–Crippen LogP) is 2.46. The molecule has 1 amide bonds. The highest BCUT2D eigenvalue weighted by Crippen LogP contribution is 2.19. The van der Waals surface area contributed by atoms with Crippen LogP contribution in [0.5, 0.6) is 0 Å². The number of carbonyl (C=O) groups is 1. The lowest BCUT2D eigenvalue weighted by atomic mass is 10.0. The number of nitrogens with zero attached hydrogens (tertiary/aromatic N) is 1. The lowest BCUT2D eigenvalue weighted by Gasteiger charge is -2.24. The Balaban J connectivity index is 2.11. The first kappa shape index (κ1) is 15.3. The molecule has 4 nitrogen and oxygen atoms in total. The van der Waals surface area contributed by atoms with Gasteiger partial charge in [0.15, 0.2) is 0 Å². The first-order valence-electron chi connectivity index (χ1n) is 7.37. The van der Waals surface area contributed by atoms with Crippen LogP contribution in [0.25, 0.3) is 10.9 Å². The highest BCUT2D eigenvalue weighted by molar-refractivity contribution is 5.86. The van der Waals surface area contributed by atoms with E-state index in [0.29, 0.717) is 19.5 Å². The molecule has 2 aromatic rings. The number of hydrogen-bond donors (Lipinski definition) is 2. The lowest BCUT2D eigenvalue weighted by Crippen LogP contribution is -2.45. The summed E-state index contributed by atoms with van der Waals surface area (Å²) in [4.78, 5) is 17.4. The molecule has 0 aliphatic rings. The standard InChI is InChI=1S/C17H23N3O/c1-3-9-20(10-4-2)17(21)15(18)11-13-12-19-16-8-6-5-7-14(13)16/h3,5-8,12,15,19H,1,4,9-11,18H2,2H3/t15-/m0/s1. The molecule has 1 atom stereocenters. The van der Waals surface area contributed by atoms with Crippen molar-refractivity contribution in [3.63, 3.8) is 0 Å². The Hall–Kier alpha value is -2.07. The summed E-state index contributed by atoms with van der Waals surface area (Å²) >= 11 is 0. The van der Waals surface area contributed by atoms with E-state index < -0.39 is 6.04 Å². The first-order valence-corrected chi connectivity index (χ1v) is 7.37. The fraction of sp³-hybridized carbons (Fsp3) is 0.353. The average molecular weight is 285 g/mol. The molecule has 4 heteroatoms. The topological polar surface area (TPSA) is 62.1 Å². The summed E-state index contributed by atoms with van der Waals surface area (Å²) < 4.78 is 0. The Bertz CT molecular complexity index is 617. The van der Waals surface area contributed by atoms with Gasteiger partial charge >= 0.3 is 0 Å². The van der Waals surface area contributed by atoms with Crippen molar-refractivity contribution in [3.05, 3.63) is 48.7 Å². The molecule has 0 aliphatic carbocycles. The quantitative estimate of drug-likeness (QED) is 0.768. The minimum absolute atomic E-state index is 0.0120. The SMILES string of the molecule is C=CCN(CCC)C(=O)[C@@H](N)Cc1c[nH]c2ccccc12. The Kier molecular flexibility index (Phi) is 5.17. The van der Waals surface area contributed by atoms with Crippen LogP contribution in [0, 0.1) is 0 Å². The number of carbonyl (C=O) groups excluding carboxylic acids is 1. The minimum Gasteiger partial charge on any atom is -0.361 e. The number of H-pyrrole nitrogens is 1. The molecule has 0 unspecified atom stereocenters. The van der Waals surface area contributed by atoms with Gasteiger partial charge in [-0.1, -0.05) is 31.2 Å². The molecule has 0 radical (unpaired) electrons. The van der Waals surface area contributed by atoms with Crippen LogP contribution in [-0.2, 0) is 11.2 Å². The van der Waals surface area contributed by atoms with E-state index in [1.54, 1.807) is 11.0 Å². The fourth-order valence-corrected chi connectivity index (χ4v) is 2.58. The van der Waals surface area contributed by atoms with Crippen molar-refractivity contribution in [1.82, 2.24) is 9.88 Å². The molecule has 1 heterocycles. The number of para-hydroxylation sites is 1. The van der Waals surface area contributed by atoms with E-state index in [-0.39, 0.29) is 5.91 Å². The molecule has 1 aromatic heterocycles. The summed E-state index contributed by atoms with van der Waals surface area (Å²) in [5.74, 6) is -0.0120. The number of nitrogens with two attached hydrogens (primary N) is 1. The zero-order valence-corrected chi connectivity index (χ0v) is 12.5. The molecule has 0 bridgehead atoms. The van der Waals surface area contributed by atoms with Gasteiger partial charge in [0.1, 0.15) is 0 Å². The Morgan fingerprint density at radius 3 is 2.95 bits per heavy atom. The largest absolute Gasteiger partial charge is 0.361 e. The summed E-state index contributed by atoms with van der Waals surface area (Å²) in [6.45, 7) is 7.02. The molecular formula is C17H23N3O. The molecule has 2 rings (SSSR count). The predicted molar refractivity (Wildman–Crippen MR) is 87.0 cm³/mol. The van der Waals surface area contributed by atoms with Crippen LogP contribution in [0.1, 0.15) is 18.9 Å². The number of amides is 1. The fourth-order valence-electron chi connectivity index (χ4n) is 2.58. The summed E-state index contributed by atoms with van der Waals surface area (Å²) in [5, 5.41) is 1.13. The zero-order chi connectivity index (χ0) is 15.2. The van der Waals surface area contributed by atoms with Gasteiger partial charge in [-0.15, -0.1) is 6.58 Å². The number of aromatic amines is 1. The van der Waals surface area contributed by atoms with E-state index >= 15 is 0 Å². The molecule has 3 N–H and O–H groups in total. The maximum atomic E-state index is 12.4. The van der Waals surface area contributed by atoms with Gasteiger partial charge in [-0.3, -0.25) is 4.79 Å². The van der Waals surface area contributed by atoms with Crippen LogP contribution >= 0.6 is 0 Å². The number of nitrogens with one attached hydrogen (secondary N) is 1. The van der Waals surface area contributed by atoms with Crippen LogP contribution in [0.3, 0.4) is 0 Å². The van der Waals surface area contributed by atoms with E-state index in [9.17, 15) is 4.79 Å². The van der Waals surface area contributed by atoms with Crippen LogP contribution < -0.4 is 5.73 Å². The smallest absolute Gasteiger partial charge is 0.240 e. The molecule has 0 fully saturated rings. The maximum absolute atomic E-state index is 12.4. The van der Waals surface area contributed by atoms with E-state index in [4.69, 9.17) is 5.73 Å². The van der Waals surface area contributed by atoms with Gasteiger partial charge in [0.2, 0.25) is 5.91 Å². The van der Waals surface area contributed by atoms with E-state index in [1.807, 2.05) is 30.5 Å². The second-order valence-corrected chi connectivity index (χ2v) is 5.24. The molecule has 0 spiro atoms. The minimum atomic E-state index is -0.518. The average Bonchev–Trinajstić information content (AvgIpc) is 2.89. The van der Waals surface area contributed by atoms with Gasteiger partial charge < -0.3 is 15.6 Å². The third-order valence-corrected chi connectivity index (χ3v) is 3.59. The summed E-state index contributed by atoms with van der Waals surface area (Å²) in [7, 11) is 0. The monoisotopic (exact) mass is 285 g/mol. The maximum Gasteiger partial charge on any atom is 0.240 e. The van der Waals surface area contributed by atoms with E-state index in [0.717, 1.165) is 22.9 Å². The second-order valence-electron chi connectivity index (χ2n) is 5.24. The Morgan fingerprint density at radius 1 is 1.48 bits per heavy atom. The normalized spacial score (nSPS) is 12.3. The number of aromatic nitrogens is 1. The number of fused-ring (bicyclic) bond motifs is 1. The van der Waals surface area contributed by atoms with Crippen molar-refractivity contribution >= 4 is 16.8 Å². The molecule has 0 saturated heterocycles. The van der Waals surface area contributed by atoms with E-state index in [2.05, 4.69) is 18.5 Å². The number of rotatable bonds is 7. The van der Waals surface area contributed by atoms with Gasteiger partial charge in [0.25, 0.3) is 0 Å². The number of benzene rings is 1. The summed E-state index contributed by atoms with van der Waals surface area (Å²) in [5.41, 5.74) is 8.28. The molecule has 21 heavy (non-hydrogen) atoms. The van der Waals surface area contributed by atoms with Crippen LogP contribution in [0.15, 0.2) is 43.1 Å². The highest BCUT2D eigenvalue weighted by Gasteiger charge is 2.21. The number of hydrogen-bond acceptors (Lipinski definition) is 2. The highest BCUT2D eigenvalue weighted by atomic mass is 16.2. The van der Waals surface area contributed by atoms with Crippen LogP contribution in [0.4, 0.5) is 0 Å². The van der Waals surface area contributed by atoms with Gasteiger partial charge in [-0.2, -0.15) is 0 Å². The van der Waals surface area contributed by atoms with Crippen LogP contribution in [0.2, 0.25) is 0 Å². The molecule has 1 aromatic carbocycles. The molecule has 0 aliphatic heterocycles. The van der Waals surface area contributed by atoms with Crippen molar-refractivity contribution in [2.45, 2.75) is 25.8 Å². The molecule has 112 valence electrons. The van der Waals surface area contributed by atoms with Crippen molar-refractivity contribution in [2.24, 2.45) is 5.73 Å². The van der Waals surface area contributed by atoms with Crippen molar-refractivity contribution in [3.8, 4) is 0 Å². The van der Waals surface area contributed by atoms with Crippen molar-refractivity contribution in [1.29, 1.82) is 0 Å². The van der Waals surface area contributed by atoms with Gasteiger partial charge in [0, 0.05) is 30.2 Å². The van der Waals surface area contributed by atoms with Gasteiger partial charge in [-0.05, 0) is 24.5 Å². The van der Waals surface area contributed by atoms with E-state index in [1.165, 1.54) is 0 Å². The van der Waals surface area contributed by atoms with Crippen LogP contribution in [-0.4, -0.2) is 34.9 Å². The van der Waals surface area contributed by atoms with Crippen molar-refractivity contribution < 1.29 is 4.79 Å². The van der Waals surface area contributed by atoms with Gasteiger partial charge in [0.05, 0.1) is 6.04 Å². The third kappa shape index (κ3) is 3.52. The summed E-state index contributed by atoms with van der Waals surface area (Å²) in [6, 6.07) is 7.53. The Labute approximate surface area is 125 Å². The Morgan fingerprint density at radius 2 is 2.24 bits per heavy atom.